The highest BCUT2D eigenvalue weighted by Gasteiger charge is 2.29. The zero-order valence-corrected chi connectivity index (χ0v) is 19.0. The molecule has 0 saturated carbocycles. The number of hydrogen-bond acceptors (Lipinski definition) is 5. The molecule has 0 bridgehead atoms. The summed E-state index contributed by atoms with van der Waals surface area (Å²) >= 11 is 0. The molecule has 2 aromatic carbocycles. The van der Waals surface area contributed by atoms with Crippen molar-refractivity contribution in [2.24, 2.45) is 0 Å². The molecule has 1 aliphatic carbocycles. The third kappa shape index (κ3) is 5.98. The van der Waals surface area contributed by atoms with Crippen molar-refractivity contribution in [3.05, 3.63) is 71.3 Å². The molecule has 3 rings (SSSR count). The van der Waals surface area contributed by atoms with Crippen LogP contribution in [0, 0.1) is 0 Å². The van der Waals surface area contributed by atoms with E-state index < -0.39 is 24.0 Å². The highest BCUT2D eigenvalue weighted by atomic mass is 16.5. The standard InChI is InChI=1S/C25H29N3O5/c1-16(24(30)31)12-13-26-23(29)22(14-28(2)3)27-25(32)33-15-21-19-10-6-4-8-17(19)18-9-5-7-11-20(18)21/h4-12,21-22H,13-15H2,1-3H3,(H,26,29)(H,27,32)(H,30,31)/b16-12+/t22-/m0/s1. The summed E-state index contributed by atoms with van der Waals surface area (Å²) < 4.78 is 5.54. The van der Waals surface area contributed by atoms with Crippen molar-refractivity contribution in [3.8, 4) is 11.1 Å². The maximum absolute atomic E-state index is 12.6. The van der Waals surface area contributed by atoms with Crippen molar-refractivity contribution in [2.45, 2.75) is 18.9 Å². The SMILES string of the molecule is C/C(=C\CNC(=O)[C@H](CN(C)C)NC(=O)OCC1c2ccccc2-c2ccccc21)C(=O)O. The third-order valence-electron chi connectivity index (χ3n) is 5.52. The Hall–Kier alpha value is -3.65. The molecule has 0 unspecified atom stereocenters. The molecule has 8 heteroatoms. The first-order chi connectivity index (χ1) is 15.8. The summed E-state index contributed by atoms with van der Waals surface area (Å²) in [5.41, 5.74) is 4.61. The lowest BCUT2D eigenvalue weighted by Gasteiger charge is -2.22. The van der Waals surface area contributed by atoms with E-state index in [1.54, 1.807) is 19.0 Å². The largest absolute Gasteiger partial charge is 0.478 e. The fraction of sp³-hybridized carbons (Fsp3) is 0.320. The number of ether oxygens (including phenoxy) is 1. The molecule has 0 aliphatic heterocycles. The van der Waals surface area contributed by atoms with E-state index in [4.69, 9.17) is 9.84 Å². The van der Waals surface area contributed by atoms with Gasteiger partial charge in [-0.05, 0) is 43.3 Å². The molecule has 2 aromatic rings. The minimum Gasteiger partial charge on any atom is -0.478 e. The number of likely N-dealkylation sites (N-methyl/N-ethyl adjacent to an activating group) is 1. The van der Waals surface area contributed by atoms with E-state index in [2.05, 4.69) is 22.8 Å². The lowest BCUT2D eigenvalue weighted by molar-refractivity contribution is -0.132. The van der Waals surface area contributed by atoms with Gasteiger partial charge in [0, 0.05) is 24.6 Å². The van der Waals surface area contributed by atoms with Crippen molar-refractivity contribution in [3.63, 3.8) is 0 Å². The van der Waals surface area contributed by atoms with E-state index in [-0.39, 0.29) is 31.2 Å². The summed E-state index contributed by atoms with van der Waals surface area (Å²) in [4.78, 5) is 37.8. The maximum atomic E-state index is 12.6. The van der Waals surface area contributed by atoms with Gasteiger partial charge in [0.1, 0.15) is 12.6 Å². The molecule has 0 heterocycles. The van der Waals surface area contributed by atoms with Gasteiger partial charge in [-0.3, -0.25) is 4.79 Å². The van der Waals surface area contributed by atoms with E-state index in [0.717, 1.165) is 22.3 Å². The molecule has 0 fully saturated rings. The molecule has 0 saturated heterocycles. The van der Waals surface area contributed by atoms with Crippen LogP contribution in [0.1, 0.15) is 24.0 Å². The second kappa shape index (κ2) is 10.8. The van der Waals surface area contributed by atoms with Crippen molar-refractivity contribution in [2.75, 3.05) is 33.8 Å². The Morgan fingerprint density at radius 3 is 2.18 bits per heavy atom. The first kappa shape index (κ1) is 24.0. The van der Waals surface area contributed by atoms with Crippen LogP contribution in [0.2, 0.25) is 0 Å². The Labute approximate surface area is 193 Å². The van der Waals surface area contributed by atoms with E-state index in [0.29, 0.717) is 0 Å². The smallest absolute Gasteiger partial charge is 0.407 e. The Morgan fingerprint density at radius 1 is 1.06 bits per heavy atom. The molecular formula is C25H29N3O5. The van der Waals surface area contributed by atoms with Gasteiger partial charge in [-0.2, -0.15) is 0 Å². The average Bonchev–Trinajstić information content (AvgIpc) is 3.10. The zero-order chi connectivity index (χ0) is 24.0. The van der Waals surface area contributed by atoms with Crippen LogP contribution in [0.25, 0.3) is 11.1 Å². The number of hydrogen-bond donors (Lipinski definition) is 3. The van der Waals surface area contributed by atoms with Crippen LogP contribution >= 0.6 is 0 Å². The van der Waals surface area contributed by atoms with Crippen molar-refractivity contribution < 1.29 is 24.2 Å². The number of carbonyl (C=O) groups is 3. The minimum absolute atomic E-state index is 0.0489. The first-order valence-electron chi connectivity index (χ1n) is 10.7. The Balaban J connectivity index is 1.62. The lowest BCUT2D eigenvalue weighted by atomic mass is 9.98. The zero-order valence-electron chi connectivity index (χ0n) is 19.0. The fourth-order valence-corrected chi connectivity index (χ4v) is 3.86. The highest BCUT2D eigenvalue weighted by molar-refractivity contribution is 5.87. The van der Waals surface area contributed by atoms with Crippen LogP contribution in [-0.4, -0.2) is 67.8 Å². The summed E-state index contributed by atoms with van der Waals surface area (Å²) in [5, 5.41) is 14.2. The molecule has 33 heavy (non-hydrogen) atoms. The number of aliphatic carboxylic acids is 1. The van der Waals surface area contributed by atoms with Crippen LogP contribution < -0.4 is 10.6 Å². The first-order valence-corrected chi connectivity index (χ1v) is 10.7. The van der Waals surface area contributed by atoms with Crippen LogP contribution in [0.5, 0.6) is 0 Å². The molecule has 2 amide bonds. The Kier molecular flexibility index (Phi) is 7.84. The molecule has 1 atom stereocenters. The normalized spacial score (nSPS) is 13.8. The van der Waals surface area contributed by atoms with Gasteiger partial charge >= 0.3 is 12.1 Å². The van der Waals surface area contributed by atoms with E-state index in [1.165, 1.54) is 13.0 Å². The fourth-order valence-electron chi connectivity index (χ4n) is 3.86. The number of carbonyl (C=O) groups excluding carboxylic acids is 2. The predicted octanol–water partition coefficient (Wildman–Crippen LogP) is 2.60. The maximum Gasteiger partial charge on any atom is 0.407 e. The Morgan fingerprint density at radius 2 is 1.64 bits per heavy atom. The van der Waals surface area contributed by atoms with Crippen LogP contribution in [0.3, 0.4) is 0 Å². The van der Waals surface area contributed by atoms with Crippen LogP contribution in [0.15, 0.2) is 60.2 Å². The predicted molar refractivity (Wildman–Crippen MR) is 125 cm³/mol. The summed E-state index contributed by atoms with van der Waals surface area (Å²) in [6, 6.07) is 15.3. The third-order valence-corrected chi connectivity index (χ3v) is 5.52. The quantitative estimate of drug-likeness (QED) is 0.506. The summed E-state index contributed by atoms with van der Waals surface area (Å²) in [6.45, 7) is 1.91. The number of rotatable bonds is 9. The lowest BCUT2D eigenvalue weighted by Crippen LogP contribution is -2.51. The van der Waals surface area contributed by atoms with Gasteiger partial charge < -0.3 is 25.4 Å². The van der Waals surface area contributed by atoms with Gasteiger partial charge in [-0.25, -0.2) is 9.59 Å². The van der Waals surface area contributed by atoms with Gasteiger partial charge in [0.15, 0.2) is 0 Å². The van der Waals surface area contributed by atoms with Crippen molar-refractivity contribution in [1.29, 1.82) is 0 Å². The molecular weight excluding hydrogens is 422 g/mol. The van der Waals surface area contributed by atoms with Gasteiger partial charge in [0.2, 0.25) is 5.91 Å². The second-order valence-electron chi connectivity index (χ2n) is 8.22. The molecule has 0 aromatic heterocycles. The summed E-state index contributed by atoms with van der Waals surface area (Å²) in [7, 11) is 3.57. The van der Waals surface area contributed by atoms with E-state index >= 15 is 0 Å². The van der Waals surface area contributed by atoms with Crippen molar-refractivity contribution >= 4 is 18.0 Å². The number of nitrogens with zero attached hydrogens (tertiary/aromatic N) is 1. The minimum atomic E-state index is -1.05. The van der Waals surface area contributed by atoms with Gasteiger partial charge in [0.05, 0.1) is 0 Å². The second-order valence-corrected chi connectivity index (χ2v) is 8.22. The number of alkyl carbamates (subject to hydrolysis) is 1. The van der Waals surface area contributed by atoms with Gasteiger partial charge in [-0.15, -0.1) is 0 Å². The summed E-state index contributed by atoms with van der Waals surface area (Å²) in [6.07, 6.45) is 0.719. The molecule has 174 valence electrons. The van der Waals surface area contributed by atoms with Gasteiger partial charge in [-0.1, -0.05) is 54.6 Å². The van der Waals surface area contributed by atoms with Crippen molar-refractivity contribution in [1.82, 2.24) is 15.5 Å². The number of carboxylic acid groups (broad SMARTS) is 1. The number of benzene rings is 2. The molecule has 1 aliphatic rings. The van der Waals surface area contributed by atoms with E-state index in [9.17, 15) is 14.4 Å². The number of carboxylic acids is 1. The molecule has 3 N–H and O–H groups in total. The average molecular weight is 452 g/mol. The summed E-state index contributed by atoms with van der Waals surface area (Å²) in [5.74, 6) is -1.55. The molecule has 0 spiro atoms. The van der Waals surface area contributed by atoms with Crippen LogP contribution in [0.4, 0.5) is 4.79 Å². The Bertz CT molecular complexity index is 1020. The monoisotopic (exact) mass is 451 g/mol. The number of amides is 2. The van der Waals surface area contributed by atoms with Crippen LogP contribution in [-0.2, 0) is 14.3 Å². The topological polar surface area (TPSA) is 108 Å². The number of fused-ring (bicyclic) bond motifs is 3. The van der Waals surface area contributed by atoms with Gasteiger partial charge in [0.25, 0.3) is 0 Å². The molecule has 8 nitrogen and oxygen atoms in total. The molecule has 0 radical (unpaired) electrons. The van der Waals surface area contributed by atoms with E-state index in [1.807, 2.05) is 36.4 Å². The number of nitrogens with one attached hydrogen (secondary N) is 2. The highest BCUT2D eigenvalue weighted by Crippen LogP contribution is 2.44.